The summed E-state index contributed by atoms with van der Waals surface area (Å²) in [5.41, 5.74) is 5.52. The van der Waals surface area contributed by atoms with E-state index in [1.54, 1.807) is 0 Å². The third kappa shape index (κ3) is 2.19. The summed E-state index contributed by atoms with van der Waals surface area (Å²) in [7, 11) is -4.23. The molecule has 1 aromatic carbocycles. The van der Waals surface area contributed by atoms with E-state index in [-0.39, 0.29) is 22.0 Å². The predicted molar refractivity (Wildman–Crippen MR) is 49.2 cm³/mol. The van der Waals surface area contributed by atoms with Crippen molar-refractivity contribution in [2.24, 2.45) is 5.73 Å². The van der Waals surface area contributed by atoms with Gasteiger partial charge in [-0.25, -0.2) is 0 Å². The minimum absolute atomic E-state index is 0.0329. The highest BCUT2D eigenvalue weighted by Crippen LogP contribution is 2.22. The Bertz CT molecular complexity index is 416. The van der Waals surface area contributed by atoms with Crippen LogP contribution in [0.2, 0.25) is 5.02 Å². The van der Waals surface area contributed by atoms with Gasteiger partial charge in [-0.3, -0.25) is 4.55 Å². The summed E-state index contributed by atoms with van der Waals surface area (Å²) in [5, 5.41) is 0.234. The first-order chi connectivity index (χ1) is 5.96. The van der Waals surface area contributed by atoms with Gasteiger partial charge in [0, 0.05) is 17.1 Å². The monoisotopic (exact) mass is 221 g/mol. The molecule has 3 N–H and O–H groups in total. The molecular formula is C7H8ClNO3S. The van der Waals surface area contributed by atoms with E-state index in [4.69, 9.17) is 21.9 Å². The van der Waals surface area contributed by atoms with Crippen molar-refractivity contribution in [1.29, 1.82) is 0 Å². The van der Waals surface area contributed by atoms with Crippen molar-refractivity contribution in [2.45, 2.75) is 11.4 Å². The molecule has 0 saturated heterocycles. The van der Waals surface area contributed by atoms with Crippen LogP contribution < -0.4 is 5.73 Å². The van der Waals surface area contributed by atoms with E-state index in [9.17, 15) is 8.42 Å². The first kappa shape index (κ1) is 10.5. The van der Waals surface area contributed by atoms with Gasteiger partial charge in [-0.15, -0.1) is 0 Å². The Morgan fingerprint density at radius 2 is 2.08 bits per heavy atom. The summed E-state index contributed by atoms with van der Waals surface area (Å²) < 4.78 is 30.4. The second-order valence-electron chi connectivity index (χ2n) is 2.40. The maximum absolute atomic E-state index is 10.8. The van der Waals surface area contributed by atoms with Gasteiger partial charge in [0.2, 0.25) is 0 Å². The lowest BCUT2D eigenvalue weighted by atomic mass is 10.2. The fraction of sp³-hybridized carbons (Fsp3) is 0.143. The Balaban J connectivity index is 3.47. The van der Waals surface area contributed by atoms with E-state index in [0.717, 1.165) is 0 Å². The summed E-state index contributed by atoms with van der Waals surface area (Å²) in [5.74, 6) is 0. The molecule has 0 radical (unpaired) electrons. The molecule has 0 aliphatic heterocycles. The van der Waals surface area contributed by atoms with Crippen LogP contribution >= 0.6 is 11.6 Å². The van der Waals surface area contributed by atoms with E-state index in [0.29, 0.717) is 0 Å². The van der Waals surface area contributed by atoms with Crippen molar-refractivity contribution in [2.75, 3.05) is 0 Å². The summed E-state index contributed by atoms with van der Waals surface area (Å²) in [4.78, 5) is -0.234. The fourth-order valence-corrected chi connectivity index (χ4v) is 2.04. The van der Waals surface area contributed by atoms with Crippen molar-refractivity contribution < 1.29 is 13.0 Å². The molecule has 0 unspecified atom stereocenters. The van der Waals surface area contributed by atoms with Gasteiger partial charge in [0.05, 0.1) is 4.90 Å². The highest BCUT2D eigenvalue weighted by atomic mass is 35.5. The molecule has 0 heterocycles. The number of hydrogen-bond donors (Lipinski definition) is 2. The number of benzene rings is 1. The zero-order chi connectivity index (χ0) is 10.1. The third-order valence-electron chi connectivity index (χ3n) is 1.56. The molecule has 0 saturated carbocycles. The Morgan fingerprint density at radius 1 is 1.46 bits per heavy atom. The zero-order valence-electron chi connectivity index (χ0n) is 6.57. The average Bonchev–Trinajstić information content (AvgIpc) is 2.02. The number of rotatable bonds is 2. The molecule has 0 bridgehead atoms. The molecule has 1 aromatic rings. The third-order valence-corrected chi connectivity index (χ3v) is 2.85. The largest absolute Gasteiger partial charge is 0.326 e. The molecule has 4 nitrogen and oxygen atoms in total. The van der Waals surface area contributed by atoms with Crippen LogP contribution in [0.1, 0.15) is 5.56 Å². The fourth-order valence-electron chi connectivity index (χ4n) is 0.979. The Morgan fingerprint density at radius 3 is 2.46 bits per heavy atom. The summed E-state index contributed by atoms with van der Waals surface area (Å²) in [6, 6.07) is 4.20. The van der Waals surface area contributed by atoms with Crippen LogP contribution in [0.5, 0.6) is 0 Å². The van der Waals surface area contributed by atoms with Crippen molar-refractivity contribution in [3.05, 3.63) is 28.8 Å². The van der Waals surface area contributed by atoms with Gasteiger partial charge in [-0.05, 0) is 12.1 Å². The molecule has 0 atom stereocenters. The van der Waals surface area contributed by atoms with Gasteiger partial charge in [0.25, 0.3) is 10.1 Å². The highest BCUT2D eigenvalue weighted by Gasteiger charge is 2.15. The van der Waals surface area contributed by atoms with E-state index in [1.807, 2.05) is 0 Å². The van der Waals surface area contributed by atoms with Gasteiger partial charge in [-0.1, -0.05) is 17.7 Å². The highest BCUT2D eigenvalue weighted by molar-refractivity contribution is 7.85. The Hall–Kier alpha value is -0.620. The SMILES string of the molecule is NCc1c(Cl)cccc1S(=O)(=O)O. The van der Waals surface area contributed by atoms with Gasteiger partial charge >= 0.3 is 0 Å². The maximum atomic E-state index is 10.8. The molecule has 0 amide bonds. The predicted octanol–water partition coefficient (Wildman–Crippen LogP) is 1.05. The molecule has 1 rings (SSSR count). The van der Waals surface area contributed by atoms with Crippen LogP contribution in [-0.4, -0.2) is 13.0 Å². The van der Waals surface area contributed by atoms with Gasteiger partial charge in [-0.2, -0.15) is 8.42 Å². The first-order valence-electron chi connectivity index (χ1n) is 3.41. The lowest BCUT2D eigenvalue weighted by Gasteiger charge is -2.05. The van der Waals surface area contributed by atoms with E-state index >= 15 is 0 Å². The number of hydrogen-bond acceptors (Lipinski definition) is 3. The lowest BCUT2D eigenvalue weighted by Crippen LogP contribution is -2.07. The average molecular weight is 222 g/mol. The smallest absolute Gasteiger partial charge is 0.294 e. The summed E-state index contributed by atoms with van der Waals surface area (Å²) in [6.45, 7) is -0.0329. The number of halogens is 1. The maximum Gasteiger partial charge on any atom is 0.294 e. The minimum atomic E-state index is -4.23. The van der Waals surface area contributed by atoms with E-state index in [1.165, 1.54) is 18.2 Å². The topological polar surface area (TPSA) is 80.4 Å². The molecular weight excluding hydrogens is 214 g/mol. The summed E-state index contributed by atoms with van der Waals surface area (Å²) in [6.07, 6.45) is 0. The van der Waals surface area contributed by atoms with Crippen LogP contribution in [0.3, 0.4) is 0 Å². The summed E-state index contributed by atoms with van der Waals surface area (Å²) >= 11 is 5.68. The zero-order valence-corrected chi connectivity index (χ0v) is 8.14. The second-order valence-corrected chi connectivity index (χ2v) is 4.19. The van der Waals surface area contributed by atoms with E-state index in [2.05, 4.69) is 0 Å². The van der Waals surface area contributed by atoms with Crippen molar-refractivity contribution in [3.63, 3.8) is 0 Å². The van der Waals surface area contributed by atoms with Crippen molar-refractivity contribution in [1.82, 2.24) is 0 Å². The lowest BCUT2D eigenvalue weighted by molar-refractivity contribution is 0.482. The standard InChI is InChI=1S/C7H8ClNO3S/c8-6-2-1-3-7(5(6)4-9)13(10,11)12/h1-3H,4,9H2,(H,10,11,12). The second kappa shape index (κ2) is 3.63. The van der Waals surface area contributed by atoms with Gasteiger partial charge < -0.3 is 5.73 Å². The molecule has 13 heavy (non-hydrogen) atoms. The molecule has 72 valence electrons. The van der Waals surface area contributed by atoms with Crippen LogP contribution in [0.25, 0.3) is 0 Å². The van der Waals surface area contributed by atoms with Gasteiger partial charge in [0.15, 0.2) is 0 Å². The minimum Gasteiger partial charge on any atom is -0.326 e. The Kier molecular flexibility index (Phi) is 2.92. The van der Waals surface area contributed by atoms with Crippen LogP contribution in [-0.2, 0) is 16.7 Å². The van der Waals surface area contributed by atoms with Crippen molar-refractivity contribution >= 4 is 21.7 Å². The van der Waals surface area contributed by atoms with Crippen molar-refractivity contribution in [3.8, 4) is 0 Å². The van der Waals surface area contributed by atoms with E-state index < -0.39 is 10.1 Å². The molecule has 0 aromatic heterocycles. The first-order valence-corrected chi connectivity index (χ1v) is 5.23. The van der Waals surface area contributed by atoms with Crippen LogP contribution in [0.4, 0.5) is 0 Å². The molecule has 0 fully saturated rings. The van der Waals surface area contributed by atoms with Gasteiger partial charge in [0.1, 0.15) is 0 Å². The number of nitrogens with two attached hydrogens (primary N) is 1. The van der Waals surface area contributed by atoms with Crippen LogP contribution in [0, 0.1) is 0 Å². The normalized spacial score (nSPS) is 11.6. The molecule has 0 aliphatic carbocycles. The molecule has 0 aliphatic rings. The molecule has 6 heteroatoms. The van der Waals surface area contributed by atoms with Crippen LogP contribution in [0.15, 0.2) is 23.1 Å². The quantitative estimate of drug-likeness (QED) is 0.732. The molecule has 0 spiro atoms. The Labute approximate surface area is 81.1 Å².